The molecular formula is C18H37O2P. The second-order valence-electron chi connectivity index (χ2n) is 5.99. The van der Waals surface area contributed by atoms with Gasteiger partial charge in [-0.05, 0) is 50.5 Å². The summed E-state index contributed by atoms with van der Waals surface area (Å²) >= 11 is 0. The summed E-state index contributed by atoms with van der Waals surface area (Å²) in [6, 6.07) is 0. The molecule has 21 heavy (non-hydrogen) atoms. The monoisotopic (exact) mass is 316 g/mol. The SMILES string of the molecule is CCCCP(=CC(=O)CCOCC)(CCCC)CCCC. The van der Waals surface area contributed by atoms with E-state index in [1.54, 1.807) is 0 Å². The number of carbonyl (C=O) groups is 1. The van der Waals surface area contributed by atoms with Gasteiger partial charge in [0.15, 0.2) is 5.78 Å². The van der Waals surface area contributed by atoms with Crippen molar-refractivity contribution in [2.75, 3.05) is 31.7 Å². The van der Waals surface area contributed by atoms with Crippen molar-refractivity contribution >= 4 is 18.5 Å². The fraction of sp³-hybridized carbons (Fsp3) is 0.889. The molecule has 126 valence electrons. The van der Waals surface area contributed by atoms with Crippen LogP contribution >= 0.6 is 6.89 Å². The minimum Gasteiger partial charge on any atom is -0.381 e. The van der Waals surface area contributed by atoms with E-state index in [9.17, 15) is 4.79 Å². The summed E-state index contributed by atoms with van der Waals surface area (Å²) in [7, 11) is 0. The predicted octanol–water partition coefficient (Wildman–Crippen LogP) is 5.20. The van der Waals surface area contributed by atoms with Crippen LogP contribution in [0.2, 0.25) is 0 Å². The molecule has 3 heteroatoms. The fourth-order valence-electron chi connectivity index (χ4n) is 2.64. The second-order valence-corrected chi connectivity index (χ2v) is 10.0. The van der Waals surface area contributed by atoms with E-state index in [2.05, 4.69) is 26.6 Å². The van der Waals surface area contributed by atoms with E-state index in [4.69, 9.17) is 4.74 Å². The fourth-order valence-corrected chi connectivity index (χ4v) is 7.27. The number of hydrogen-bond donors (Lipinski definition) is 0. The lowest BCUT2D eigenvalue weighted by atomic mass is 10.3. The molecule has 0 bridgehead atoms. The first-order valence-corrected chi connectivity index (χ1v) is 11.4. The molecule has 0 heterocycles. The lowest BCUT2D eigenvalue weighted by molar-refractivity contribution is -0.113. The third kappa shape index (κ3) is 10.3. The third-order valence-electron chi connectivity index (χ3n) is 3.99. The Hall–Kier alpha value is -0.0700. The van der Waals surface area contributed by atoms with Gasteiger partial charge in [0, 0.05) is 13.0 Å². The molecule has 0 aromatic heterocycles. The third-order valence-corrected chi connectivity index (χ3v) is 8.44. The molecule has 0 saturated carbocycles. The van der Waals surface area contributed by atoms with E-state index < -0.39 is 6.89 Å². The number of hydrogen-bond acceptors (Lipinski definition) is 2. The Bertz CT molecular complexity index is 282. The lowest BCUT2D eigenvalue weighted by Crippen LogP contribution is -2.11. The zero-order valence-corrected chi connectivity index (χ0v) is 15.7. The van der Waals surface area contributed by atoms with Crippen LogP contribution in [0.4, 0.5) is 0 Å². The van der Waals surface area contributed by atoms with Crippen molar-refractivity contribution in [3.05, 3.63) is 0 Å². The van der Waals surface area contributed by atoms with Gasteiger partial charge in [-0.3, -0.25) is 4.79 Å². The molecule has 0 aliphatic heterocycles. The minimum atomic E-state index is -1.18. The topological polar surface area (TPSA) is 26.3 Å². The van der Waals surface area contributed by atoms with Gasteiger partial charge >= 0.3 is 0 Å². The van der Waals surface area contributed by atoms with Gasteiger partial charge in [0.25, 0.3) is 0 Å². The zero-order valence-electron chi connectivity index (χ0n) is 14.8. The number of ketones is 1. The molecule has 0 atom stereocenters. The highest BCUT2D eigenvalue weighted by molar-refractivity contribution is 7.76. The van der Waals surface area contributed by atoms with Gasteiger partial charge in [-0.1, -0.05) is 40.0 Å². The molecule has 0 spiro atoms. The molecule has 0 radical (unpaired) electrons. The van der Waals surface area contributed by atoms with Gasteiger partial charge in [0.1, 0.15) is 0 Å². The van der Waals surface area contributed by atoms with Crippen LogP contribution in [0.5, 0.6) is 0 Å². The summed E-state index contributed by atoms with van der Waals surface area (Å²) in [5.74, 6) is 2.52. The van der Waals surface area contributed by atoms with Crippen LogP contribution in [0, 0.1) is 0 Å². The van der Waals surface area contributed by atoms with E-state index in [1.807, 2.05) is 6.92 Å². The Morgan fingerprint density at radius 3 is 1.76 bits per heavy atom. The largest absolute Gasteiger partial charge is 0.381 e. The van der Waals surface area contributed by atoms with Crippen molar-refractivity contribution < 1.29 is 9.53 Å². The second kappa shape index (κ2) is 13.6. The van der Waals surface area contributed by atoms with Crippen molar-refractivity contribution in [3.63, 3.8) is 0 Å². The number of rotatable bonds is 14. The molecule has 0 aliphatic carbocycles. The number of Topliss-reactive ketones (excluding diaryl/α,β-unsaturated/α-hetero) is 1. The average molecular weight is 316 g/mol. The van der Waals surface area contributed by atoms with Crippen LogP contribution in [-0.4, -0.2) is 43.3 Å². The Balaban J connectivity index is 4.94. The number of ether oxygens (including phenoxy) is 1. The lowest BCUT2D eigenvalue weighted by Gasteiger charge is -2.26. The van der Waals surface area contributed by atoms with Gasteiger partial charge < -0.3 is 4.74 Å². The molecular weight excluding hydrogens is 279 g/mol. The highest BCUT2D eigenvalue weighted by Gasteiger charge is 2.18. The Morgan fingerprint density at radius 2 is 1.38 bits per heavy atom. The zero-order chi connectivity index (χ0) is 16.0. The van der Waals surface area contributed by atoms with E-state index in [-0.39, 0.29) is 0 Å². The van der Waals surface area contributed by atoms with Crippen LogP contribution in [0.15, 0.2) is 0 Å². The molecule has 0 N–H and O–H groups in total. The standard InChI is InChI=1S/C18H37O2P/c1-5-9-14-21(15-10-6-2,16-11-7-3)17-18(19)12-13-20-8-4/h17H,5-16H2,1-4H3. The summed E-state index contributed by atoms with van der Waals surface area (Å²) in [5.41, 5.74) is 0. The summed E-state index contributed by atoms with van der Waals surface area (Å²) in [6.07, 6.45) is 11.9. The summed E-state index contributed by atoms with van der Waals surface area (Å²) in [5, 5.41) is 0. The van der Waals surface area contributed by atoms with Crippen molar-refractivity contribution in [2.45, 2.75) is 72.6 Å². The van der Waals surface area contributed by atoms with E-state index in [0.717, 1.165) is 0 Å². The van der Waals surface area contributed by atoms with Crippen LogP contribution in [0.1, 0.15) is 72.6 Å². The minimum absolute atomic E-state index is 0.333. The predicted molar refractivity (Wildman–Crippen MR) is 98.4 cm³/mol. The van der Waals surface area contributed by atoms with Crippen molar-refractivity contribution in [2.24, 2.45) is 0 Å². The Morgan fingerprint density at radius 1 is 0.905 bits per heavy atom. The Labute approximate surface area is 133 Å². The molecule has 0 fully saturated rings. The van der Waals surface area contributed by atoms with Crippen molar-refractivity contribution in [1.82, 2.24) is 0 Å². The van der Waals surface area contributed by atoms with Gasteiger partial charge in [0.2, 0.25) is 0 Å². The molecule has 0 aromatic rings. The first-order chi connectivity index (χ1) is 10.1. The highest BCUT2D eigenvalue weighted by atomic mass is 31.2. The van der Waals surface area contributed by atoms with Gasteiger partial charge in [-0.15, -0.1) is 6.89 Å². The van der Waals surface area contributed by atoms with Crippen LogP contribution < -0.4 is 0 Å². The molecule has 0 unspecified atom stereocenters. The van der Waals surface area contributed by atoms with E-state index in [0.29, 0.717) is 25.4 Å². The summed E-state index contributed by atoms with van der Waals surface area (Å²) < 4.78 is 5.33. The van der Waals surface area contributed by atoms with Crippen molar-refractivity contribution in [1.29, 1.82) is 0 Å². The van der Waals surface area contributed by atoms with Crippen molar-refractivity contribution in [3.8, 4) is 0 Å². The molecule has 0 aliphatic rings. The smallest absolute Gasteiger partial charge is 0.158 e. The first kappa shape index (κ1) is 20.9. The Kier molecular flexibility index (Phi) is 13.5. The van der Waals surface area contributed by atoms with Gasteiger partial charge in [0.05, 0.1) is 6.61 Å². The maximum atomic E-state index is 12.3. The highest BCUT2D eigenvalue weighted by Crippen LogP contribution is 2.49. The van der Waals surface area contributed by atoms with Crippen LogP contribution in [-0.2, 0) is 9.53 Å². The van der Waals surface area contributed by atoms with E-state index in [1.165, 1.54) is 57.0 Å². The van der Waals surface area contributed by atoms with Crippen LogP contribution in [0.3, 0.4) is 0 Å². The van der Waals surface area contributed by atoms with Gasteiger partial charge in [-0.2, -0.15) is 0 Å². The van der Waals surface area contributed by atoms with Gasteiger partial charge in [-0.25, -0.2) is 0 Å². The normalized spacial score (nSPS) is 11.6. The average Bonchev–Trinajstić information content (AvgIpc) is 2.49. The quantitative estimate of drug-likeness (QED) is 0.325. The number of carbonyl (C=O) groups excluding carboxylic acids is 1. The van der Waals surface area contributed by atoms with E-state index >= 15 is 0 Å². The molecule has 0 amide bonds. The molecule has 0 aromatic carbocycles. The summed E-state index contributed by atoms with van der Waals surface area (Å²) in [4.78, 5) is 12.3. The number of unbranched alkanes of at least 4 members (excludes halogenated alkanes) is 3. The maximum Gasteiger partial charge on any atom is 0.158 e. The first-order valence-electron chi connectivity index (χ1n) is 8.96. The summed E-state index contributed by atoms with van der Waals surface area (Å²) in [6.45, 7) is 8.85. The van der Waals surface area contributed by atoms with Crippen LogP contribution in [0.25, 0.3) is 0 Å². The maximum absolute atomic E-state index is 12.3. The molecule has 2 nitrogen and oxygen atoms in total. The molecule has 0 rings (SSSR count). The molecule has 0 saturated heterocycles.